The Hall–Kier alpha value is -1.51. The van der Waals surface area contributed by atoms with Gasteiger partial charge < -0.3 is 10.5 Å². The molecule has 0 aliphatic heterocycles. The molecule has 3 heteroatoms. The van der Waals surface area contributed by atoms with E-state index in [1.54, 1.807) is 0 Å². The summed E-state index contributed by atoms with van der Waals surface area (Å²) in [5.74, 6) is 1.07. The molecule has 0 aromatic heterocycles. The third-order valence-electron chi connectivity index (χ3n) is 3.91. The molecule has 96 valence electrons. The number of benzene rings is 1. The molecule has 2 saturated carbocycles. The Morgan fingerprint density at radius 3 is 2.11 bits per heavy atom. The average Bonchev–Trinajstić information content (AvgIpc) is 3.22. The second-order valence-electron chi connectivity index (χ2n) is 5.49. The summed E-state index contributed by atoms with van der Waals surface area (Å²) in [5.41, 5.74) is 10.8. The maximum atomic E-state index is 11.4. The number of ether oxygens (including phenoxy) is 1. The molecule has 0 amide bonds. The van der Waals surface area contributed by atoms with E-state index in [1.165, 1.54) is 43.9 Å². The van der Waals surface area contributed by atoms with Crippen LogP contribution < -0.4 is 5.73 Å². The van der Waals surface area contributed by atoms with Crippen molar-refractivity contribution in [2.45, 2.75) is 43.9 Å². The SMILES string of the molecule is COC(=O)Cc1cc(C2CC2)c(N)c(C2CC2)c1. The van der Waals surface area contributed by atoms with Crippen LogP contribution in [0.1, 0.15) is 54.2 Å². The first-order chi connectivity index (χ1) is 8.69. The lowest BCUT2D eigenvalue weighted by molar-refractivity contribution is -0.139. The number of methoxy groups -OCH3 is 1. The predicted octanol–water partition coefficient (Wildman–Crippen LogP) is 2.74. The first-order valence-corrected chi connectivity index (χ1v) is 6.68. The van der Waals surface area contributed by atoms with E-state index in [2.05, 4.69) is 12.1 Å². The summed E-state index contributed by atoms with van der Waals surface area (Å²) in [5, 5.41) is 0. The molecule has 0 atom stereocenters. The van der Waals surface area contributed by atoms with Crippen molar-refractivity contribution < 1.29 is 9.53 Å². The molecule has 18 heavy (non-hydrogen) atoms. The summed E-state index contributed by atoms with van der Waals surface area (Å²) < 4.78 is 4.75. The topological polar surface area (TPSA) is 52.3 Å². The van der Waals surface area contributed by atoms with Crippen molar-refractivity contribution >= 4 is 11.7 Å². The molecule has 3 nitrogen and oxygen atoms in total. The van der Waals surface area contributed by atoms with E-state index in [0.717, 1.165) is 11.3 Å². The zero-order valence-corrected chi connectivity index (χ0v) is 10.7. The molecular formula is C15H19NO2. The second kappa shape index (κ2) is 4.30. The molecule has 0 radical (unpaired) electrons. The zero-order chi connectivity index (χ0) is 12.7. The van der Waals surface area contributed by atoms with Crippen molar-refractivity contribution in [2.24, 2.45) is 0 Å². The summed E-state index contributed by atoms with van der Waals surface area (Å²) in [4.78, 5) is 11.4. The van der Waals surface area contributed by atoms with Crippen LogP contribution in [0.4, 0.5) is 5.69 Å². The summed E-state index contributed by atoms with van der Waals surface area (Å²) in [7, 11) is 1.43. The molecule has 0 saturated heterocycles. The highest BCUT2D eigenvalue weighted by molar-refractivity contribution is 5.73. The number of carbonyl (C=O) groups is 1. The van der Waals surface area contributed by atoms with Crippen molar-refractivity contribution in [3.8, 4) is 0 Å². The van der Waals surface area contributed by atoms with Gasteiger partial charge in [-0.05, 0) is 54.2 Å². The van der Waals surface area contributed by atoms with Crippen LogP contribution in [-0.2, 0) is 16.0 Å². The summed E-state index contributed by atoms with van der Waals surface area (Å²) in [6.45, 7) is 0. The second-order valence-corrected chi connectivity index (χ2v) is 5.49. The maximum absolute atomic E-state index is 11.4. The molecule has 0 heterocycles. The lowest BCUT2D eigenvalue weighted by Crippen LogP contribution is -2.07. The van der Waals surface area contributed by atoms with Crippen LogP contribution in [0.5, 0.6) is 0 Å². The van der Waals surface area contributed by atoms with E-state index < -0.39 is 0 Å². The Balaban J connectivity index is 1.95. The number of esters is 1. The van der Waals surface area contributed by atoms with Gasteiger partial charge in [-0.2, -0.15) is 0 Å². The van der Waals surface area contributed by atoms with Crippen LogP contribution in [-0.4, -0.2) is 13.1 Å². The molecule has 1 aromatic carbocycles. The summed E-state index contributed by atoms with van der Waals surface area (Å²) in [6, 6.07) is 4.21. The molecule has 1 aromatic rings. The Morgan fingerprint density at radius 1 is 1.22 bits per heavy atom. The zero-order valence-electron chi connectivity index (χ0n) is 10.7. The van der Waals surface area contributed by atoms with Gasteiger partial charge in [0.15, 0.2) is 0 Å². The lowest BCUT2D eigenvalue weighted by Gasteiger charge is -2.13. The lowest BCUT2D eigenvalue weighted by atomic mass is 9.96. The number of nitrogen functional groups attached to an aromatic ring is 1. The molecule has 0 spiro atoms. The molecule has 2 aliphatic carbocycles. The van der Waals surface area contributed by atoms with Crippen LogP contribution in [0.25, 0.3) is 0 Å². The minimum atomic E-state index is -0.178. The standard InChI is InChI=1S/C15H19NO2/c1-18-14(17)8-9-6-12(10-2-3-10)15(16)13(7-9)11-4-5-11/h6-7,10-11H,2-5,8,16H2,1H3. The Bertz CT molecular complexity index is 454. The van der Waals surface area contributed by atoms with Gasteiger partial charge >= 0.3 is 5.97 Å². The molecule has 2 N–H and O–H groups in total. The van der Waals surface area contributed by atoms with Gasteiger partial charge in [0.25, 0.3) is 0 Å². The highest BCUT2D eigenvalue weighted by Crippen LogP contribution is 2.49. The Morgan fingerprint density at radius 2 is 1.72 bits per heavy atom. The molecule has 0 unspecified atom stereocenters. The first-order valence-electron chi connectivity index (χ1n) is 6.68. The number of hydrogen-bond donors (Lipinski definition) is 1. The van der Waals surface area contributed by atoms with Gasteiger partial charge in [0.1, 0.15) is 0 Å². The van der Waals surface area contributed by atoms with E-state index in [9.17, 15) is 4.79 Å². The Labute approximate surface area is 107 Å². The van der Waals surface area contributed by atoms with Gasteiger partial charge in [0.05, 0.1) is 13.5 Å². The van der Waals surface area contributed by atoms with Gasteiger partial charge in [-0.25, -0.2) is 0 Å². The van der Waals surface area contributed by atoms with Crippen LogP contribution in [0, 0.1) is 0 Å². The largest absolute Gasteiger partial charge is 0.469 e. The normalized spacial score (nSPS) is 18.7. The molecule has 2 fully saturated rings. The molecule has 3 rings (SSSR count). The van der Waals surface area contributed by atoms with Crippen molar-refractivity contribution in [3.05, 3.63) is 28.8 Å². The van der Waals surface area contributed by atoms with E-state index in [0.29, 0.717) is 18.3 Å². The van der Waals surface area contributed by atoms with Gasteiger partial charge in [-0.15, -0.1) is 0 Å². The van der Waals surface area contributed by atoms with Crippen molar-refractivity contribution in [1.82, 2.24) is 0 Å². The monoisotopic (exact) mass is 245 g/mol. The minimum Gasteiger partial charge on any atom is -0.469 e. The van der Waals surface area contributed by atoms with E-state index in [1.807, 2.05) is 0 Å². The third kappa shape index (κ3) is 2.22. The van der Waals surface area contributed by atoms with Crippen molar-refractivity contribution in [2.75, 3.05) is 12.8 Å². The smallest absolute Gasteiger partial charge is 0.309 e. The van der Waals surface area contributed by atoms with Gasteiger partial charge in [0, 0.05) is 5.69 Å². The minimum absolute atomic E-state index is 0.178. The fraction of sp³-hybridized carbons (Fsp3) is 0.533. The van der Waals surface area contributed by atoms with Crippen LogP contribution in [0.2, 0.25) is 0 Å². The van der Waals surface area contributed by atoms with Gasteiger partial charge in [-0.1, -0.05) is 12.1 Å². The number of rotatable bonds is 4. The maximum Gasteiger partial charge on any atom is 0.309 e. The van der Waals surface area contributed by atoms with Crippen LogP contribution in [0.15, 0.2) is 12.1 Å². The van der Waals surface area contributed by atoms with Gasteiger partial charge in [0.2, 0.25) is 0 Å². The number of hydrogen-bond acceptors (Lipinski definition) is 3. The van der Waals surface area contributed by atoms with Crippen LogP contribution >= 0.6 is 0 Å². The van der Waals surface area contributed by atoms with Crippen LogP contribution in [0.3, 0.4) is 0 Å². The van der Waals surface area contributed by atoms with E-state index in [-0.39, 0.29) is 5.97 Å². The Kier molecular flexibility index (Phi) is 2.77. The number of carbonyl (C=O) groups excluding carboxylic acids is 1. The van der Waals surface area contributed by atoms with E-state index >= 15 is 0 Å². The molecular weight excluding hydrogens is 226 g/mol. The number of nitrogens with two attached hydrogens (primary N) is 1. The molecule has 0 bridgehead atoms. The average molecular weight is 245 g/mol. The van der Waals surface area contributed by atoms with Crippen molar-refractivity contribution in [1.29, 1.82) is 0 Å². The fourth-order valence-electron chi connectivity index (χ4n) is 2.57. The molecule has 2 aliphatic rings. The van der Waals surface area contributed by atoms with Crippen molar-refractivity contribution in [3.63, 3.8) is 0 Å². The van der Waals surface area contributed by atoms with E-state index in [4.69, 9.17) is 10.5 Å². The summed E-state index contributed by atoms with van der Waals surface area (Å²) >= 11 is 0. The highest BCUT2D eigenvalue weighted by atomic mass is 16.5. The van der Waals surface area contributed by atoms with Gasteiger partial charge in [-0.3, -0.25) is 4.79 Å². The summed E-state index contributed by atoms with van der Waals surface area (Å²) in [6.07, 6.45) is 5.29. The highest BCUT2D eigenvalue weighted by Gasteiger charge is 2.31. The predicted molar refractivity (Wildman–Crippen MR) is 70.5 cm³/mol. The first kappa shape index (κ1) is 11.6. The number of anilines is 1. The fourth-order valence-corrected chi connectivity index (χ4v) is 2.57. The quantitative estimate of drug-likeness (QED) is 0.655. The third-order valence-corrected chi connectivity index (χ3v) is 3.91.